The van der Waals surface area contributed by atoms with E-state index in [4.69, 9.17) is 30.3 Å². The minimum atomic E-state index is -1.56. The third kappa shape index (κ3) is 6.63. The van der Waals surface area contributed by atoms with E-state index in [1.165, 1.54) is 12.0 Å². The molecule has 278 valence electrons. The Morgan fingerprint density at radius 1 is 1.12 bits per heavy atom. The molecule has 0 amide bonds. The number of nitrogens with zero attached hydrogens (tertiary/aromatic N) is 2. The molecular weight excluding hydrogens is 674 g/mol. The van der Waals surface area contributed by atoms with Crippen molar-refractivity contribution in [2.24, 2.45) is 29.6 Å². The molecule has 3 aliphatic heterocycles. The van der Waals surface area contributed by atoms with Crippen molar-refractivity contribution in [3.05, 3.63) is 64.6 Å². The molecule has 10 atom stereocenters. The molecule has 7 rings (SSSR count). The molecule has 2 aromatic rings. The molecule has 0 radical (unpaired) electrons. The van der Waals surface area contributed by atoms with Gasteiger partial charge >= 0.3 is 11.9 Å². The van der Waals surface area contributed by atoms with E-state index in [0.29, 0.717) is 22.2 Å². The van der Waals surface area contributed by atoms with Crippen LogP contribution in [0.2, 0.25) is 5.02 Å². The molecule has 3 fully saturated rings. The first-order chi connectivity index (χ1) is 24.3. The number of likely N-dealkylation sites (tertiary alicyclic amines) is 1. The SMILES string of the molecule is CC(=O)O[C@@H]1C(C)=C[C@@H]2[C@H](C(C)CN3CCC(Cc4ccco4)CC3)CC[C@@H](C)[C@]2(O)[C@H]1OC(=O)[C@@H]1C[C@@]2(O)c3cccc(Cl)c3N(C)O[C@H]2N1. The van der Waals surface area contributed by atoms with Crippen LogP contribution in [0.3, 0.4) is 0 Å². The van der Waals surface area contributed by atoms with Crippen LogP contribution in [0.25, 0.3) is 0 Å². The summed E-state index contributed by atoms with van der Waals surface area (Å²) in [5.41, 5.74) is -1.21. The minimum absolute atomic E-state index is 0.0350. The Labute approximate surface area is 305 Å². The second kappa shape index (κ2) is 14.1. The third-order valence-corrected chi connectivity index (χ3v) is 12.9. The summed E-state index contributed by atoms with van der Waals surface area (Å²) >= 11 is 6.47. The number of nitrogens with one attached hydrogen (secondary N) is 1. The highest BCUT2D eigenvalue weighted by atomic mass is 35.5. The van der Waals surface area contributed by atoms with Crippen LogP contribution in [0.5, 0.6) is 0 Å². The van der Waals surface area contributed by atoms with Crippen LogP contribution in [0, 0.1) is 29.6 Å². The lowest BCUT2D eigenvalue weighted by Gasteiger charge is -2.56. The number of hydrogen-bond donors (Lipinski definition) is 3. The first kappa shape index (κ1) is 36.4. The third-order valence-electron chi connectivity index (χ3n) is 12.5. The molecule has 0 bridgehead atoms. The van der Waals surface area contributed by atoms with Gasteiger partial charge in [-0.3, -0.25) is 24.8 Å². The average Bonchev–Trinajstić information content (AvgIpc) is 3.73. The van der Waals surface area contributed by atoms with E-state index in [2.05, 4.69) is 29.3 Å². The number of anilines is 1. The van der Waals surface area contributed by atoms with E-state index in [9.17, 15) is 19.8 Å². The van der Waals surface area contributed by atoms with Crippen molar-refractivity contribution in [1.29, 1.82) is 0 Å². The Hall–Kier alpha value is -2.93. The molecule has 11 nitrogen and oxygen atoms in total. The second-order valence-corrected chi connectivity index (χ2v) is 16.2. The molecule has 12 heteroatoms. The highest BCUT2D eigenvalue weighted by molar-refractivity contribution is 6.33. The lowest BCUT2D eigenvalue weighted by Crippen LogP contribution is -2.66. The molecule has 5 aliphatic rings. The lowest BCUT2D eigenvalue weighted by atomic mass is 9.55. The summed E-state index contributed by atoms with van der Waals surface area (Å²) in [6.45, 7) is 10.4. The maximum absolute atomic E-state index is 14.2. The second-order valence-electron chi connectivity index (χ2n) is 15.8. The normalized spacial score (nSPS) is 36.0. The van der Waals surface area contributed by atoms with E-state index in [0.717, 1.165) is 63.1 Å². The van der Waals surface area contributed by atoms with Crippen molar-refractivity contribution in [3.63, 3.8) is 0 Å². The fourth-order valence-corrected chi connectivity index (χ4v) is 10.1. The molecule has 1 saturated carbocycles. The monoisotopic (exact) mass is 725 g/mol. The molecule has 3 N–H and O–H groups in total. The summed E-state index contributed by atoms with van der Waals surface area (Å²) in [6, 6.07) is 8.28. The highest BCUT2D eigenvalue weighted by Crippen LogP contribution is 2.53. The van der Waals surface area contributed by atoms with E-state index < -0.39 is 47.6 Å². The number of hydroxylamine groups is 1. The number of benzene rings is 1. The number of halogens is 1. The topological polar surface area (TPSA) is 134 Å². The Morgan fingerprint density at radius 2 is 1.88 bits per heavy atom. The number of aliphatic hydroxyl groups is 2. The van der Waals surface area contributed by atoms with Gasteiger partial charge in [0.2, 0.25) is 0 Å². The smallest absolute Gasteiger partial charge is 0.323 e. The Balaban J connectivity index is 1.09. The number of ether oxygens (including phenoxy) is 2. The van der Waals surface area contributed by atoms with Crippen LogP contribution in [-0.2, 0) is 35.9 Å². The number of rotatable bonds is 8. The fraction of sp³-hybridized carbons (Fsp3) is 0.641. The van der Waals surface area contributed by atoms with Gasteiger partial charge in [0.15, 0.2) is 18.4 Å². The van der Waals surface area contributed by atoms with Crippen LogP contribution in [-0.4, -0.2) is 83.8 Å². The van der Waals surface area contributed by atoms with Gasteiger partial charge < -0.3 is 29.0 Å². The van der Waals surface area contributed by atoms with Gasteiger partial charge in [-0.1, -0.05) is 43.7 Å². The number of esters is 2. The molecule has 0 spiro atoms. The summed E-state index contributed by atoms with van der Waals surface area (Å²) in [7, 11) is 1.70. The Kier molecular flexibility index (Phi) is 10.1. The zero-order chi connectivity index (χ0) is 36.2. The van der Waals surface area contributed by atoms with Gasteiger partial charge in [-0.15, -0.1) is 0 Å². The number of hydrogen-bond acceptors (Lipinski definition) is 11. The average molecular weight is 726 g/mol. The summed E-state index contributed by atoms with van der Waals surface area (Å²) in [5, 5.41) is 29.8. The van der Waals surface area contributed by atoms with Crippen molar-refractivity contribution < 1.29 is 38.5 Å². The molecule has 51 heavy (non-hydrogen) atoms. The number of piperidine rings is 1. The molecular formula is C39H52ClN3O8. The standard InChI is InChI=1S/C39H52ClN3O8/c1-22-18-30-28(23(2)21-43-15-13-26(14-16-43)19-27-8-7-17-48-27)12-11-24(3)39(30,47)35(34(22)49-25(4)44)50-36(45)32-20-38(46)29-9-6-10-31(40)33(29)42(5)51-37(38)41-32/h6-10,17-18,23-24,26,28,30,32,34-35,37,41,46-47H,11-16,19-21H2,1-5H3/t23?,24-,28+,30-,32+,34-,35+,37-,38-,39-/m1/s1. The van der Waals surface area contributed by atoms with Gasteiger partial charge in [0.25, 0.3) is 0 Å². The first-order valence-electron chi connectivity index (χ1n) is 18.5. The molecule has 1 unspecified atom stereocenters. The number of furan rings is 1. The first-order valence-corrected chi connectivity index (χ1v) is 18.9. The van der Waals surface area contributed by atoms with Gasteiger partial charge in [-0.2, -0.15) is 0 Å². The molecule has 2 aliphatic carbocycles. The quantitative estimate of drug-likeness (QED) is 0.252. The fourth-order valence-electron chi connectivity index (χ4n) is 9.79. The van der Waals surface area contributed by atoms with Gasteiger partial charge in [0, 0.05) is 44.8 Å². The van der Waals surface area contributed by atoms with Crippen molar-refractivity contribution in [1.82, 2.24) is 10.2 Å². The minimum Gasteiger partial charge on any atom is -0.469 e. The summed E-state index contributed by atoms with van der Waals surface area (Å²) in [4.78, 5) is 35.1. The van der Waals surface area contributed by atoms with E-state index in [-0.39, 0.29) is 30.1 Å². The summed E-state index contributed by atoms with van der Waals surface area (Å²) < 4.78 is 17.7. The zero-order valence-corrected chi connectivity index (χ0v) is 31.0. The Bertz CT molecular complexity index is 1630. The van der Waals surface area contributed by atoms with E-state index >= 15 is 0 Å². The molecule has 1 aromatic carbocycles. The van der Waals surface area contributed by atoms with Gasteiger partial charge in [0.1, 0.15) is 23.0 Å². The number of carbonyl (C=O) groups is 2. The van der Waals surface area contributed by atoms with Crippen LogP contribution >= 0.6 is 11.6 Å². The maximum Gasteiger partial charge on any atom is 0.323 e. The molecule has 2 saturated heterocycles. The number of carbonyl (C=O) groups excluding carboxylic acids is 2. The van der Waals surface area contributed by atoms with E-state index in [1.54, 1.807) is 31.5 Å². The van der Waals surface area contributed by atoms with Crippen molar-refractivity contribution >= 4 is 29.2 Å². The van der Waals surface area contributed by atoms with Crippen molar-refractivity contribution in [2.75, 3.05) is 31.7 Å². The largest absolute Gasteiger partial charge is 0.469 e. The molecule has 1 aromatic heterocycles. The van der Waals surface area contributed by atoms with Crippen LogP contribution in [0.15, 0.2) is 52.7 Å². The van der Waals surface area contributed by atoms with Crippen LogP contribution in [0.4, 0.5) is 5.69 Å². The Morgan fingerprint density at radius 3 is 2.59 bits per heavy atom. The van der Waals surface area contributed by atoms with Gasteiger partial charge in [-0.25, -0.2) is 0 Å². The predicted molar refractivity (Wildman–Crippen MR) is 190 cm³/mol. The van der Waals surface area contributed by atoms with Gasteiger partial charge in [-0.05, 0) is 93.1 Å². The number of para-hydroxylation sites is 1. The summed E-state index contributed by atoms with van der Waals surface area (Å²) in [5.74, 6) is 0.314. The maximum atomic E-state index is 14.2. The highest BCUT2D eigenvalue weighted by Gasteiger charge is 2.62. The van der Waals surface area contributed by atoms with Crippen molar-refractivity contribution in [2.45, 2.75) is 102 Å². The van der Waals surface area contributed by atoms with E-state index in [1.807, 2.05) is 19.9 Å². The van der Waals surface area contributed by atoms with Crippen molar-refractivity contribution in [3.8, 4) is 0 Å². The van der Waals surface area contributed by atoms with Crippen LogP contribution in [0.1, 0.15) is 71.1 Å². The predicted octanol–water partition coefficient (Wildman–Crippen LogP) is 4.98. The van der Waals surface area contributed by atoms with Gasteiger partial charge in [0.05, 0.1) is 17.0 Å². The lowest BCUT2D eigenvalue weighted by molar-refractivity contribution is -0.225. The summed E-state index contributed by atoms with van der Waals surface area (Å²) in [6.07, 6.45) is 5.62. The van der Waals surface area contributed by atoms with Crippen LogP contribution < -0.4 is 10.4 Å². The zero-order valence-electron chi connectivity index (χ0n) is 30.2. The molecule has 4 heterocycles. The number of fused-ring (bicyclic) bond motifs is 4.